The molecule has 0 bridgehead atoms. The maximum Gasteiger partial charge on any atom is 0.269 e. The number of hydrazone groups is 1. The van der Waals surface area contributed by atoms with Crippen LogP contribution in [0.4, 0.5) is 5.69 Å². The fraction of sp³-hybridized carbons (Fsp3) is 0.208. The SMILES string of the molecule is COc1ccc(C2=NN3[C@@H](C2)c2cccc(OC)c2O[C@H]3c2cccc([N+](=O)[O-])c2)cc1. The van der Waals surface area contributed by atoms with E-state index in [2.05, 4.69) is 0 Å². The third-order valence-electron chi connectivity index (χ3n) is 5.79. The molecule has 0 saturated heterocycles. The number of non-ortho nitro benzene ring substituents is 1. The fourth-order valence-electron chi connectivity index (χ4n) is 4.21. The number of nitro benzene ring substituents is 1. The molecule has 32 heavy (non-hydrogen) atoms. The molecule has 3 aromatic rings. The van der Waals surface area contributed by atoms with Gasteiger partial charge in [-0.15, -0.1) is 0 Å². The summed E-state index contributed by atoms with van der Waals surface area (Å²) in [5.74, 6) is 2.03. The summed E-state index contributed by atoms with van der Waals surface area (Å²) >= 11 is 0. The third-order valence-corrected chi connectivity index (χ3v) is 5.79. The zero-order chi connectivity index (χ0) is 22.2. The van der Waals surface area contributed by atoms with E-state index in [4.69, 9.17) is 19.3 Å². The van der Waals surface area contributed by atoms with Gasteiger partial charge in [0.1, 0.15) is 5.75 Å². The molecule has 0 N–H and O–H groups in total. The number of nitrogens with zero attached hydrogens (tertiary/aromatic N) is 3. The molecule has 0 radical (unpaired) electrons. The lowest BCUT2D eigenvalue weighted by molar-refractivity contribution is -0.385. The molecule has 2 aliphatic rings. The number of methoxy groups -OCH3 is 2. The van der Waals surface area contributed by atoms with E-state index in [0.29, 0.717) is 23.5 Å². The number of ether oxygens (including phenoxy) is 3. The normalized spacial score (nSPS) is 18.8. The first kappa shape index (κ1) is 19.9. The fourth-order valence-corrected chi connectivity index (χ4v) is 4.21. The first-order valence-corrected chi connectivity index (χ1v) is 10.2. The molecule has 0 aliphatic carbocycles. The Balaban J connectivity index is 1.60. The van der Waals surface area contributed by atoms with Crippen LogP contribution in [-0.2, 0) is 0 Å². The van der Waals surface area contributed by atoms with Gasteiger partial charge in [0.15, 0.2) is 11.5 Å². The molecule has 0 spiro atoms. The second-order valence-electron chi connectivity index (χ2n) is 7.58. The molecule has 0 unspecified atom stereocenters. The van der Waals surface area contributed by atoms with Crippen LogP contribution in [0.3, 0.4) is 0 Å². The molecule has 8 heteroatoms. The first-order valence-electron chi connectivity index (χ1n) is 10.2. The molecule has 8 nitrogen and oxygen atoms in total. The molecule has 2 aliphatic heterocycles. The van der Waals surface area contributed by atoms with Crippen LogP contribution in [0.2, 0.25) is 0 Å². The summed E-state index contributed by atoms with van der Waals surface area (Å²) < 4.78 is 17.2. The summed E-state index contributed by atoms with van der Waals surface area (Å²) in [6.45, 7) is 0. The minimum atomic E-state index is -0.626. The highest BCUT2D eigenvalue weighted by atomic mass is 16.6. The zero-order valence-corrected chi connectivity index (χ0v) is 17.6. The number of para-hydroxylation sites is 1. The predicted octanol–water partition coefficient (Wildman–Crippen LogP) is 4.85. The average Bonchev–Trinajstić information content (AvgIpc) is 3.29. The van der Waals surface area contributed by atoms with Crippen LogP contribution in [0.25, 0.3) is 0 Å². The van der Waals surface area contributed by atoms with Crippen molar-refractivity contribution in [3.05, 3.63) is 93.5 Å². The first-order chi connectivity index (χ1) is 15.6. The predicted molar refractivity (Wildman–Crippen MR) is 118 cm³/mol. The standard InChI is InChI=1S/C24H21N3O5/c1-30-18-11-9-15(10-12-18)20-14-21-19-7-4-8-22(31-2)23(19)32-24(26(21)25-20)16-5-3-6-17(13-16)27(28)29/h3-13,21,24H,14H2,1-2H3/t21-,24-/m0/s1. The van der Waals surface area contributed by atoms with E-state index < -0.39 is 11.2 Å². The Kier molecular flexibility index (Phi) is 4.89. The van der Waals surface area contributed by atoms with E-state index in [0.717, 1.165) is 22.6 Å². The topological polar surface area (TPSA) is 86.4 Å². The molecular weight excluding hydrogens is 410 g/mol. The summed E-state index contributed by atoms with van der Waals surface area (Å²) in [7, 11) is 3.23. The van der Waals surface area contributed by atoms with Gasteiger partial charge in [0.05, 0.1) is 30.9 Å². The summed E-state index contributed by atoms with van der Waals surface area (Å²) in [6.07, 6.45) is 0.0424. The number of fused-ring (bicyclic) bond motifs is 3. The van der Waals surface area contributed by atoms with E-state index in [1.54, 1.807) is 20.3 Å². The van der Waals surface area contributed by atoms with Crippen molar-refractivity contribution >= 4 is 11.4 Å². The summed E-state index contributed by atoms with van der Waals surface area (Å²) in [5.41, 5.74) is 3.53. The van der Waals surface area contributed by atoms with E-state index in [1.807, 2.05) is 53.5 Å². The summed E-state index contributed by atoms with van der Waals surface area (Å²) in [5, 5.41) is 18.1. The molecular formula is C24H21N3O5. The average molecular weight is 431 g/mol. The lowest BCUT2D eigenvalue weighted by Crippen LogP contribution is -2.33. The molecule has 3 aromatic carbocycles. The number of nitro groups is 1. The van der Waals surface area contributed by atoms with Crippen molar-refractivity contribution in [3.63, 3.8) is 0 Å². The highest BCUT2D eigenvalue weighted by molar-refractivity contribution is 6.02. The Labute approximate surface area is 184 Å². The van der Waals surface area contributed by atoms with Crippen molar-refractivity contribution in [1.82, 2.24) is 5.01 Å². The monoisotopic (exact) mass is 431 g/mol. The Bertz CT molecular complexity index is 1210. The Morgan fingerprint density at radius 1 is 1.06 bits per heavy atom. The van der Waals surface area contributed by atoms with Crippen LogP contribution in [0.1, 0.15) is 35.4 Å². The van der Waals surface area contributed by atoms with Crippen molar-refractivity contribution < 1.29 is 19.1 Å². The highest BCUT2D eigenvalue weighted by Gasteiger charge is 2.42. The minimum Gasteiger partial charge on any atom is -0.497 e. The van der Waals surface area contributed by atoms with Crippen LogP contribution >= 0.6 is 0 Å². The molecule has 0 saturated carbocycles. The van der Waals surface area contributed by atoms with Crippen LogP contribution < -0.4 is 14.2 Å². The van der Waals surface area contributed by atoms with Crippen LogP contribution in [0, 0.1) is 10.1 Å². The van der Waals surface area contributed by atoms with Gasteiger partial charge in [-0.05, 0) is 35.9 Å². The van der Waals surface area contributed by atoms with E-state index in [-0.39, 0.29) is 11.7 Å². The lowest BCUT2D eigenvalue weighted by atomic mass is 9.95. The Morgan fingerprint density at radius 2 is 1.84 bits per heavy atom. The lowest BCUT2D eigenvalue weighted by Gasteiger charge is -2.38. The molecule has 0 aromatic heterocycles. The van der Waals surface area contributed by atoms with Gasteiger partial charge in [0.2, 0.25) is 6.23 Å². The zero-order valence-electron chi connectivity index (χ0n) is 17.6. The van der Waals surface area contributed by atoms with Gasteiger partial charge in [-0.25, -0.2) is 5.01 Å². The molecule has 0 amide bonds. The maximum absolute atomic E-state index is 11.3. The molecule has 2 heterocycles. The smallest absolute Gasteiger partial charge is 0.269 e. The molecule has 0 fully saturated rings. The van der Waals surface area contributed by atoms with Gasteiger partial charge in [0, 0.05) is 29.7 Å². The number of rotatable bonds is 5. The second-order valence-corrected chi connectivity index (χ2v) is 7.58. The highest BCUT2D eigenvalue weighted by Crippen LogP contribution is 2.50. The van der Waals surface area contributed by atoms with Gasteiger partial charge < -0.3 is 14.2 Å². The minimum absolute atomic E-state index is 0.00651. The van der Waals surface area contributed by atoms with E-state index in [1.165, 1.54) is 12.1 Å². The van der Waals surface area contributed by atoms with Crippen LogP contribution in [0.5, 0.6) is 17.2 Å². The summed E-state index contributed by atoms with van der Waals surface area (Å²) in [4.78, 5) is 10.9. The summed E-state index contributed by atoms with van der Waals surface area (Å²) in [6, 6.07) is 19.9. The van der Waals surface area contributed by atoms with Gasteiger partial charge in [-0.3, -0.25) is 10.1 Å². The van der Waals surface area contributed by atoms with E-state index >= 15 is 0 Å². The van der Waals surface area contributed by atoms with Gasteiger partial charge >= 0.3 is 0 Å². The van der Waals surface area contributed by atoms with Gasteiger partial charge in [-0.1, -0.05) is 24.3 Å². The largest absolute Gasteiger partial charge is 0.497 e. The quantitative estimate of drug-likeness (QED) is 0.424. The molecule has 2 atom stereocenters. The third kappa shape index (κ3) is 3.30. The van der Waals surface area contributed by atoms with Crippen molar-refractivity contribution in [2.45, 2.75) is 18.7 Å². The molecule has 162 valence electrons. The van der Waals surface area contributed by atoms with Crippen LogP contribution in [-0.4, -0.2) is 29.9 Å². The molecule has 5 rings (SSSR count). The van der Waals surface area contributed by atoms with Crippen molar-refractivity contribution in [1.29, 1.82) is 0 Å². The van der Waals surface area contributed by atoms with Gasteiger partial charge in [0.25, 0.3) is 5.69 Å². The van der Waals surface area contributed by atoms with Crippen molar-refractivity contribution in [2.75, 3.05) is 14.2 Å². The number of benzene rings is 3. The number of hydrogen-bond acceptors (Lipinski definition) is 7. The number of hydrogen-bond donors (Lipinski definition) is 0. The van der Waals surface area contributed by atoms with Gasteiger partial charge in [-0.2, -0.15) is 5.10 Å². The second kappa shape index (κ2) is 7.88. The maximum atomic E-state index is 11.3. The Morgan fingerprint density at radius 3 is 2.56 bits per heavy atom. The van der Waals surface area contributed by atoms with Crippen molar-refractivity contribution in [3.8, 4) is 17.2 Å². The Hall–Kier alpha value is -4.07. The van der Waals surface area contributed by atoms with Crippen LogP contribution in [0.15, 0.2) is 71.8 Å². The van der Waals surface area contributed by atoms with Crippen molar-refractivity contribution in [2.24, 2.45) is 5.10 Å². The van der Waals surface area contributed by atoms with E-state index in [9.17, 15) is 10.1 Å².